The van der Waals surface area contributed by atoms with E-state index in [2.05, 4.69) is 6.58 Å². The third-order valence-corrected chi connectivity index (χ3v) is 8.95. The molecule has 216 valence electrons. The van der Waals surface area contributed by atoms with E-state index in [1.807, 2.05) is 0 Å². The molecule has 3 aliphatic rings. The number of alkyl halides is 3. The minimum atomic E-state index is -1.95. The van der Waals surface area contributed by atoms with Gasteiger partial charge in [0, 0.05) is 12.5 Å². The Bertz CT molecular complexity index is 926. The highest BCUT2D eigenvalue weighted by Crippen LogP contribution is 2.46. The van der Waals surface area contributed by atoms with Crippen LogP contribution in [0.5, 0.6) is 5.75 Å². The molecule has 1 aromatic rings. The Labute approximate surface area is 229 Å². The van der Waals surface area contributed by atoms with E-state index in [9.17, 15) is 22.8 Å². The molecule has 8 heteroatoms. The molecule has 3 saturated carbocycles. The summed E-state index contributed by atoms with van der Waals surface area (Å²) in [5.74, 6) is 1.32. The van der Waals surface area contributed by atoms with Crippen molar-refractivity contribution in [1.82, 2.24) is 0 Å². The minimum Gasteiger partial charge on any atom is -0.493 e. The second-order valence-corrected chi connectivity index (χ2v) is 11.4. The molecule has 2 atom stereocenters. The van der Waals surface area contributed by atoms with Crippen LogP contribution in [0.1, 0.15) is 81.0 Å². The summed E-state index contributed by atoms with van der Waals surface area (Å²) in [6.45, 7) is 3.98. The maximum absolute atomic E-state index is 13.9. The summed E-state index contributed by atoms with van der Waals surface area (Å²) >= 11 is 0. The molecule has 0 saturated heterocycles. The number of ether oxygens (including phenoxy) is 3. The van der Waals surface area contributed by atoms with Crippen molar-refractivity contribution in [2.75, 3.05) is 13.2 Å². The van der Waals surface area contributed by atoms with Gasteiger partial charge in [0.15, 0.2) is 6.17 Å². The number of rotatable bonds is 10. The molecule has 0 spiro atoms. The highest BCUT2D eigenvalue weighted by Gasteiger charge is 2.42. The van der Waals surface area contributed by atoms with E-state index < -0.39 is 24.5 Å². The van der Waals surface area contributed by atoms with Gasteiger partial charge in [-0.25, -0.2) is 22.8 Å². The zero-order chi connectivity index (χ0) is 27.8. The van der Waals surface area contributed by atoms with E-state index in [0.717, 1.165) is 57.4 Å². The highest BCUT2D eigenvalue weighted by molar-refractivity contribution is 5.89. The zero-order valence-corrected chi connectivity index (χ0v) is 22.6. The van der Waals surface area contributed by atoms with Gasteiger partial charge >= 0.3 is 11.9 Å². The van der Waals surface area contributed by atoms with Crippen molar-refractivity contribution in [1.29, 1.82) is 0 Å². The Morgan fingerprint density at radius 2 is 1.33 bits per heavy atom. The van der Waals surface area contributed by atoms with Crippen molar-refractivity contribution in [3.63, 3.8) is 0 Å². The van der Waals surface area contributed by atoms with Crippen molar-refractivity contribution in [2.24, 2.45) is 23.7 Å². The first-order valence-electron chi connectivity index (χ1n) is 14.5. The molecule has 0 radical (unpaired) electrons. The van der Waals surface area contributed by atoms with Crippen LogP contribution < -0.4 is 4.74 Å². The van der Waals surface area contributed by atoms with Gasteiger partial charge in [-0.2, -0.15) is 0 Å². The van der Waals surface area contributed by atoms with Gasteiger partial charge in [0.25, 0.3) is 0 Å². The number of hydrogen-bond donors (Lipinski definition) is 0. The second kappa shape index (κ2) is 14.2. The summed E-state index contributed by atoms with van der Waals surface area (Å²) in [6, 6.07) is 6.83. The summed E-state index contributed by atoms with van der Waals surface area (Å²) in [5, 5.41) is 0. The molecule has 39 heavy (non-hydrogen) atoms. The largest absolute Gasteiger partial charge is 0.493 e. The summed E-state index contributed by atoms with van der Waals surface area (Å²) in [7, 11) is 0. The minimum absolute atomic E-state index is 0.0346. The summed E-state index contributed by atoms with van der Waals surface area (Å²) < 4.78 is 57.6. The number of benzene rings is 1. The van der Waals surface area contributed by atoms with Gasteiger partial charge in [0.05, 0.1) is 18.8 Å². The van der Waals surface area contributed by atoms with E-state index in [0.29, 0.717) is 42.1 Å². The molecule has 0 bridgehead atoms. The predicted octanol–water partition coefficient (Wildman–Crippen LogP) is 7.13. The fourth-order valence-corrected chi connectivity index (χ4v) is 6.70. The van der Waals surface area contributed by atoms with Crippen molar-refractivity contribution in [2.45, 2.75) is 95.2 Å². The fourth-order valence-electron chi connectivity index (χ4n) is 6.70. The summed E-state index contributed by atoms with van der Waals surface area (Å²) in [5.41, 5.74) is 0.482. The van der Waals surface area contributed by atoms with Gasteiger partial charge in [-0.3, -0.25) is 0 Å². The topological polar surface area (TPSA) is 61.8 Å². The van der Waals surface area contributed by atoms with Crippen LogP contribution in [-0.4, -0.2) is 49.8 Å². The number of carbonyl (C=O) groups is 2. The smallest absolute Gasteiger partial charge is 0.338 e. The summed E-state index contributed by atoms with van der Waals surface area (Å²) in [4.78, 5) is 23.7. The Morgan fingerprint density at radius 1 is 0.795 bits per heavy atom. The normalized spacial score (nSPS) is 33.1. The van der Waals surface area contributed by atoms with Gasteiger partial charge in [-0.05, 0) is 112 Å². The van der Waals surface area contributed by atoms with Crippen LogP contribution >= 0.6 is 0 Å². The third-order valence-electron chi connectivity index (χ3n) is 8.95. The Hall–Kier alpha value is -2.51. The van der Waals surface area contributed by atoms with E-state index in [1.165, 1.54) is 0 Å². The zero-order valence-electron chi connectivity index (χ0n) is 22.6. The monoisotopic (exact) mass is 550 g/mol. The van der Waals surface area contributed by atoms with Crippen LogP contribution in [0.15, 0.2) is 36.9 Å². The molecule has 1 aromatic carbocycles. The van der Waals surface area contributed by atoms with Crippen LogP contribution in [0.3, 0.4) is 0 Å². The molecule has 2 unspecified atom stereocenters. The maximum atomic E-state index is 13.9. The van der Waals surface area contributed by atoms with Gasteiger partial charge in [0.1, 0.15) is 24.2 Å². The van der Waals surface area contributed by atoms with Crippen molar-refractivity contribution in [3.8, 4) is 5.75 Å². The van der Waals surface area contributed by atoms with Gasteiger partial charge in [0.2, 0.25) is 0 Å². The van der Waals surface area contributed by atoms with Gasteiger partial charge in [-0.15, -0.1) is 0 Å². The number of esters is 2. The lowest BCUT2D eigenvalue weighted by molar-refractivity contribution is -0.137. The third kappa shape index (κ3) is 8.24. The van der Waals surface area contributed by atoms with E-state index >= 15 is 0 Å². The first-order chi connectivity index (χ1) is 18.8. The average Bonchev–Trinajstić information content (AvgIpc) is 2.96. The van der Waals surface area contributed by atoms with Crippen LogP contribution in [0.2, 0.25) is 0 Å². The van der Waals surface area contributed by atoms with E-state index in [-0.39, 0.29) is 37.4 Å². The molecule has 0 heterocycles. The molecular formula is C31H41F3O5. The Kier molecular flexibility index (Phi) is 10.7. The van der Waals surface area contributed by atoms with Crippen molar-refractivity contribution >= 4 is 11.9 Å². The van der Waals surface area contributed by atoms with Crippen LogP contribution in [-0.2, 0) is 14.3 Å². The lowest BCUT2D eigenvalue weighted by Crippen LogP contribution is -2.40. The van der Waals surface area contributed by atoms with Gasteiger partial charge in [-0.1, -0.05) is 6.58 Å². The standard InChI is InChI=1S/C31H41F3O5/c1-2-29(35)38-17-3-16-37-25-12-10-23(11-13-25)31(36)39-26-14-8-21(9-15-26)20-4-6-22(7-5-20)24-18-27(32)30(34)28(33)19-24/h2,10-13,20-22,24,26-28,30H,1,3-9,14-19H2. The lowest BCUT2D eigenvalue weighted by Gasteiger charge is -2.41. The average molecular weight is 551 g/mol. The summed E-state index contributed by atoms with van der Waals surface area (Å²) in [6.07, 6.45) is 4.47. The molecule has 3 fully saturated rings. The van der Waals surface area contributed by atoms with Gasteiger partial charge < -0.3 is 14.2 Å². The maximum Gasteiger partial charge on any atom is 0.338 e. The first kappa shape index (κ1) is 29.5. The molecule has 0 aliphatic heterocycles. The SMILES string of the molecule is C=CC(=O)OCCCOc1ccc(C(=O)OC2CCC(C3CCC(C4CC(F)C(F)C(F)C4)CC3)CC2)cc1. The quantitative estimate of drug-likeness (QED) is 0.176. The van der Waals surface area contributed by atoms with Crippen LogP contribution in [0, 0.1) is 23.7 Å². The van der Waals surface area contributed by atoms with Crippen molar-refractivity contribution < 1.29 is 37.0 Å². The molecule has 0 amide bonds. The molecule has 5 nitrogen and oxygen atoms in total. The lowest BCUT2D eigenvalue weighted by atomic mass is 9.66. The van der Waals surface area contributed by atoms with Crippen LogP contribution in [0.25, 0.3) is 0 Å². The molecule has 4 rings (SSSR count). The molecular weight excluding hydrogens is 509 g/mol. The number of hydrogen-bond acceptors (Lipinski definition) is 5. The van der Waals surface area contributed by atoms with E-state index in [4.69, 9.17) is 14.2 Å². The molecule has 0 aromatic heterocycles. The number of carbonyl (C=O) groups excluding carboxylic acids is 2. The van der Waals surface area contributed by atoms with E-state index in [1.54, 1.807) is 24.3 Å². The number of halogens is 3. The predicted molar refractivity (Wildman–Crippen MR) is 142 cm³/mol. The molecule has 3 aliphatic carbocycles. The first-order valence-corrected chi connectivity index (χ1v) is 14.5. The highest BCUT2D eigenvalue weighted by atomic mass is 19.2. The second-order valence-electron chi connectivity index (χ2n) is 11.4. The van der Waals surface area contributed by atoms with Crippen LogP contribution in [0.4, 0.5) is 13.2 Å². The molecule has 0 N–H and O–H groups in total. The Morgan fingerprint density at radius 3 is 1.90 bits per heavy atom. The van der Waals surface area contributed by atoms with Crippen molar-refractivity contribution in [3.05, 3.63) is 42.5 Å². The Balaban J connectivity index is 1.13. The fraction of sp³-hybridized carbons (Fsp3) is 0.677.